The summed E-state index contributed by atoms with van der Waals surface area (Å²) in [5.74, 6) is 0.910. The fourth-order valence-electron chi connectivity index (χ4n) is 1.95. The zero-order valence-corrected chi connectivity index (χ0v) is 11.8. The summed E-state index contributed by atoms with van der Waals surface area (Å²) in [5.41, 5.74) is 1.29. The van der Waals surface area contributed by atoms with Crippen LogP contribution in [0.25, 0.3) is 0 Å². The first-order valence-corrected chi connectivity index (χ1v) is 6.68. The summed E-state index contributed by atoms with van der Waals surface area (Å²) in [5, 5.41) is 3.33. The molecule has 0 bridgehead atoms. The van der Waals surface area contributed by atoms with Gasteiger partial charge in [-0.15, -0.1) is 12.4 Å². The minimum absolute atomic E-state index is 0. The molecular weight excluding hydrogens is 248 g/mol. The van der Waals surface area contributed by atoms with Crippen LogP contribution in [0.4, 0.5) is 0 Å². The summed E-state index contributed by atoms with van der Waals surface area (Å²) in [4.78, 5) is 4.24. The van der Waals surface area contributed by atoms with Gasteiger partial charge in [0.1, 0.15) is 12.4 Å². The largest absolute Gasteiger partial charge is 0.490 e. The summed E-state index contributed by atoms with van der Waals surface area (Å²) in [6.45, 7) is 4.12. The fraction of sp³-hybridized carbons (Fsp3) is 0.643. The van der Waals surface area contributed by atoms with E-state index in [1.807, 2.05) is 12.4 Å². The van der Waals surface area contributed by atoms with Gasteiger partial charge in [0.25, 0.3) is 0 Å². The number of aryl methyl sites for hydroxylation is 1. The molecule has 0 amide bonds. The Bertz CT molecular complexity index is 342. The van der Waals surface area contributed by atoms with Gasteiger partial charge in [0.2, 0.25) is 0 Å². The van der Waals surface area contributed by atoms with Crippen LogP contribution in [-0.4, -0.2) is 24.2 Å². The highest BCUT2D eigenvalue weighted by molar-refractivity contribution is 5.85. The van der Waals surface area contributed by atoms with Gasteiger partial charge >= 0.3 is 0 Å². The number of halogens is 1. The number of nitrogens with zero attached hydrogens (tertiary/aromatic N) is 1. The summed E-state index contributed by atoms with van der Waals surface area (Å²) < 4.78 is 5.73. The van der Waals surface area contributed by atoms with E-state index in [1.54, 1.807) is 0 Å². The van der Waals surface area contributed by atoms with Crippen molar-refractivity contribution in [3.8, 4) is 5.75 Å². The number of aromatic nitrogens is 1. The molecule has 0 radical (unpaired) electrons. The van der Waals surface area contributed by atoms with Gasteiger partial charge < -0.3 is 10.1 Å². The van der Waals surface area contributed by atoms with Crippen LogP contribution < -0.4 is 10.1 Å². The molecule has 1 aliphatic rings. The van der Waals surface area contributed by atoms with E-state index in [2.05, 4.69) is 23.3 Å². The quantitative estimate of drug-likeness (QED) is 0.774. The standard InChI is InChI=1S/C14H22N2O.ClH/c1-2-3-4-5-12-8-14(10-15-9-12)17-11-13-6-7-16-13;/h8-10,13,16H,2-7,11H2,1H3;1H/t13-;/m0./s1. The average molecular weight is 271 g/mol. The van der Waals surface area contributed by atoms with E-state index in [1.165, 1.54) is 31.2 Å². The molecule has 1 atom stereocenters. The van der Waals surface area contributed by atoms with Gasteiger partial charge in [0.05, 0.1) is 6.20 Å². The topological polar surface area (TPSA) is 34.1 Å². The highest BCUT2D eigenvalue weighted by Crippen LogP contribution is 2.15. The van der Waals surface area contributed by atoms with E-state index >= 15 is 0 Å². The first-order chi connectivity index (χ1) is 8.38. The lowest BCUT2D eigenvalue weighted by Crippen LogP contribution is -2.46. The van der Waals surface area contributed by atoms with Crippen LogP contribution in [0.15, 0.2) is 18.5 Å². The predicted octanol–water partition coefficient (Wildman–Crippen LogP) is 2.98. The normalized spacial score (nSPS) is 17.7. The van der Waals surface area contributed by atoms with Crippen LogP contribution in [0.3, 0.4) is 0 Å². The number of hydrogen-bond acceptors (Lipinski definition) is 3. The van der Waals surface area contributed by atoms with Crippen LogP contribution in [0.2, 0.25) is 0 Å². The number of unbranched alkanes of at least 4 members (excludes halogenated alkanes) is 2. The van der Waals surface area contributed by atoms with Crippen LogP contribution in [0.5, 0.6) is 5.75 Å². The second-order valence-corrected chi connectivity index (χ2v) is 4.74. The molecule has 3 nitrogen and oxygen atoms in total. The third-order valence-electron chi connectivity index (χ3n) is 3.22. The Kier molecular flexibility index (Phi) is 7.06. The van der Waals surface area contributed by atoms with Crippen molar-refractivity contribution in [2.45, 2.75) is 45.1 Å². The van der Waals surface area contributed by atoms with Crippen LogP contribution >= 0.6 is 12.4 Å². The maximum absolute atomic E-state index is 5.73. The Morgan fingerprint density at radius 1 is 1.39 bits per heavy atom. The zero-order valence-electron chi connectivity index (χ0n) is 11.0. The smallest absolute Gasteiger partial charge is 0.137 e. The number of rotatable bonds is 7. The van der Waals surface area contributed by atoms with Gasteiger partial charge in [-0.05, 0) is 37.4 Å². The number of ether oxygens (including phenoxy) is 1. The summed E-state index contributed by atoms with van der Waals surface area (Å²) in [6, 6.07) is 2.67. The third-order valence-corrected chi connectivity index (χ3v) is 3.22. The van der Waals surface area contributed by atoms with Gasteiger partial charge in [0, 0.05) is 12.2 Å². The van der Waals surface area contributed by atoms with Crippen molar-refractivity contribution in [2.75, 3.05) is 13.2 Å². The van der Waals surface area contributed by atoms with Crippen LogP contribution in [0.1, 0.15) is 38.2 Å². The molecule has 1 aromatic rings. The molecule has 1 N–H and O–H groups in total. The molecule has 0 unspecified atom stereocenters. The van der Waals surface area contributed by atoms with Crippen molar-refractivity contribution in [1.82, 2.24) is 10.3 Å². The molecule has 0 saturated carbocycles. The Balaban J connectivity index is 0.00000162. The van der Waals surface area contributed by atoms with Crippen molar-refractivity contribution >= 4 is 12.4 Å². The van der Waals surface area contributed by atoms with Crippen molar-refractivity contribution in [3.63, 3.8) is 0 Å². The molecular formula is C14H23ClN2O. The highest BCUT2D eigenvalue weighted by Gasteiger charge is 2.16. The second-order valence-electron chi connectivity index (χ2n) is 4.74. The molecule has 2 rings (SSSR count). The van der Waals surface area contributed by atoms with Crippen LogP contribution in [-0.2, 0) is 6.42 Å². The van der Waals surface area contributed by atoms with E-state index < -0.39 is 0 Å². The van der Waals surface area contributed by atoms with Gasteiger partial charge in [0.15, 0.2) is 0 Å². The predicted molar refractivity (Wildman–Crippen MR) is 76.6 cm³/mol. The molecule has 1 aliphatic heterocycles. The fourth-order valence-corrected chi connectivity index (χ4v) is 1.95. The summed E-state index contributed by atoms with van der Waals surface area (Å²) >= 11 is 0. The highest BCUT2D eigenvalue weighted by atomic mass is 35.5. The molecule has 2 heterocycles. The monoisotopic (exact) mass is 270 g/mol. The van der Waals surface area contributed by atoms with Crippen LogP contribution in [0, 0.1) is 0 Å². The Morgan fingerprint density at radius 3 is 2.89 bits per heavy atom. The SMILES string of the molecule is CCCCCc1cncc(OC[C@@H]2CCN2)c1.Cl. The van der Waals surface area contributed by atoms with E-state index in [0.29, 0.717) is 6.04 Å². The van der Waals surface area contributed by atoms with E-state index in [-0.39, 0.29) is 12.4 Å². The lowest BCUT2D eigenvalue weighted by atomic mass is 10.1. The lowest BCUT2D eigenvalue weighted by molar-refractivity contribution is 0.217. The molecule has 4 heteroatoms. The molecule has 0 aliphatic carbocycles. The summed E-state index contributed by atoms with van der Waals surface area (Å²) in [6.07, 6.45) is 9.88. The molecule has 0 spiro atoms. The molecule has 1 saturated heterocycles. The third kappa shape index (κ3) is 4.83. The van der Waals surface area contributed by atoms with Gasteiger partial charge in [-0.2, -0.15) is 0 Å². The molecule has 1 fully saturated rings. The molecule has 0 aromatic carbocycles. The molecule has 18 heavy (non-hydrogen) atoms. The van der Waals surface area contributed by atoms with E-state index in [0.717, 1.165) is 25.3 Å². The van der Waals surface area contributed by atoms with Gasteiger partial charge in [-0.1, -0.05) is 19.8 Å². The minimum Gasteiger partial charge on any atom is -0.490 e. The maximum Gasteiger partial charge on any atom is 0.137 e. The Hall–Kier alpha value is -0.800. The maximum atomic E-state index is 5.73. The summed E-state index contributed by atoms with van der Waals surface area (Å²) in [7, 11) is 0. The Morgan fingerprint density at radius 2 is 2.22 bits per heavy atom. The van der Waals surface area contributed by atoms with Gasteiger partial charge in [-0.25, -0.2) is 0 Å². The van der Waals surface area contributed by atoms with Crippen molar-refractivity contribution in [1.29, 1.82) is 0 Å². The molecule has 102 valence electrons. The number of hydrogen-bond donors (Lipinski definition) is 1. The van der Waals surface area contributed by atoms with Gasteiger partial charge in [-0.3, -0.25) is 4.98 Å². The second kappa shape index (κ2) is 8.33. The van der Waals surface area contributed by atoms with Crippen molar-refractivity contribution in [2.24, 2.45) is 0 Å². The molecule has 1 aromatic heterocycles. The number of pyridine rings is 1. The number of nitrogens with one attached hydrogen (secondary N) is 1. The van der Waals surface area contributed by atoms with Crippen molar-refractivity contribution < 1.29 is 4.74 Å². The zero-order chi connectivity index (χ0) is 11.9. The first kappa shape index (κ1) is 15.3. The van der Waals surface area contributed by atoms with E-state index in [4.69, 9.17) is 4.74 Å². The lowest BCUT2D eigenvalue weighted by Gasteiger charge is -2.27. The first-order valence-electron chi connectivity index (χ1n) is 6.68. The average Bonchev–Trinajstić information content (AvgIpc) is 2.28. The van der Waals surface area contributed by atoms with E-state index in [9.17, 15) is 0 Å². The Labute approximate surface area is 116 Å². The van der Waals surface area contributed by atoms with Crippen molar-refractivity contribution in [3.05, 3.63) is 24.0 Å². The minimum atomic E-state index is 0.